The molecule has 1 heteroatoms. The van der Waals surface area contributed by atoms with Crippen LogP contribution in [0.15, 0.2) is 73.2 Å². The molecule has 4 aromatic carbocycles. The molecule has 28 heavy (non-hydrogen) atoms. The third kappa shape index (κ3) is 3.18. The summed E-state index contributed by atoms with van der Waals surface area (Å²) in [7, 11) is 2.23. The van der Waals surface area contributed by atoms with Gasteiger partial charge in [-0.15, -0.1) is 5.98 Å². The van der Waals surface area contributed by atoms with Gasteiger partial charge < -0.3 is 0 Å². The van der Waals surface area contributed by atoms with Gasteiger partial charge in [0.2, 0.25) is 0 Å². The lowest BCUT2D eigenvalue weighted by molar-refractivity contribution is 1.35. The third-order valence-corrected chi connectivity index (χ3v) is 5.48. The molecule has 0 nitrogen and oxygen atoms in total. The maximum absolute atomic E-state index is 4.06. The molecule has 0 N–H and O–H groups in total. The first kappa shape index (κ1) is 18.3. The maximum atomic E-state index is 4.06. The molecule has 1 radical (unpaired) electrons. The summed E-state index contributed by atoms with van der Waals surface area (Å²) in [5.74, 6) is 2.19. The molecule has 0 fully saturated rings. The Bertz CT molecular complexity index is 1150. The zero-order valence-corrected chi connectivity index (χ0v) is 16.8. The number of hydrogen-bond acceptors (Lipinski definition) is 0. The molecule has 0 aliphatic carbocycles. The van der Waals surface area contributed by atoms with E-state index in [9.17, 15) is 0 Å². The van der Waals surface area contributed by atoms with E-state index in [1.165, 1.54) is 54.8 Å². The number of fused-ring (bicyclic) bond motifs is 2. The molecule has 0 aliphatic heterocycles. The van der Waals surface area contributed by atoms with Crippen molar-refractivity contribution in [3.8, 4) is 0 Å². The summed E-state index contributed by atoms with van der Waals surface area (Å²) in [4.78, 5) is 0. The molecule has 0 saturated carbocycles. The number of aryl methyl sites for hydroxylation is 3. The maximum Gasteiger partial charge on any atom is 0.182 e. The first-order chi connectivity index (χ1) is 13.6. The van der Waals surface area contributed by atoms with Crippen LogP contribution in [0.5, 0.6) is 0 Å². The van der Waals surface area contributed by atoms with Crippen LogP contribution in [-0.4, -0.2) is 7.28 Å². The molecular formula is C27H24B. The SMILES string of the molecule is C=Cc1c2ccccc2c(/C=C/[B]c2c(C)cc(C)cc2C)c2ccccc12. The molecule has 0 amide bonds. The minimum absolute atomic E-state index is 1.21. The van der Waals surface area contributed by atoms with E-state index in [-0.39, 0.29) is 0 Å². The Kier molecular flexibility index (Phi) is 4.92. The van der Waals surface area contributed by atoms with Crippen molar-refractivity contribution in [2.75, 3.05) is 0 Å². The molecule has 4 aromatic rings. The Morgan fingerprint density at radius 3 is 1.64 bits per heavy atom. The molecular weight excluding hydrogens is 335 g/mol. The predicted octanol–water partition coefficient (Wildman–Crippen LogP) is 6.56. The Labute approximate surface area is 168 Å². The van der Waals surface area contributed by atoms with Crippen LogP contribution >= 0.6 is 0 Å². The second-order valence-electron chi connectivity index (χ2n) is 7.46. The van der Waals surface area contributed by atoms with Gasteiger partial charge in [-0.1, -0.05) is 102 Å². The molecule has 0 heterocycles. The van der Waals surface area contributed by atoms with Gasteiger partial charge in [-0.05, 0) is 53.4 Å². The molecule has 0 bridgehead atoms. The fraction of sp³-hybridized carbons (Fsp3) is 0.111. The van der Waals surface area contributed by atoms with E-state index < -0.39 is 0 Å². The third-order valence-electron chi connectivity index (χ3n) is 5.48. The van der Waals surface area contributed by atoms with Crippen LogP contribution in [0.1, 0.15) is 27.8 Å². The second kappa shape index (κ2) is 7.52. The van der Waals surface area contributed by atoms with E-state index in [2.05, 4.69) is 107 Å². The monoisotopic (exact) mass is 359 g/mol. The lowest BCUT2D eigenvalue weighted by Gasteiger charge is -2.13. The van der Waals surface area contributed by atoms with E-state index in [0.717, 1.165) is 0 Å². The Morgan fingerprint density at radius 1 is 0.714 bits per heavy atom. The summed E-state index contributed by atoms with van der Waals surface area (Å²) in [5.41, 5.74) is 7.72. The van der Waals surface area contributed by atoms with Crippen LogP contribution in [0.3, 0.4) is 0 Å². The van der Waals surface area contributed by atoms with Crippen molar-refractivity contribution < 1.29 is 0 Å². The average molecular weight is 359 g/mol. The molecule has 0 unspecified atom stereocenters. The van der Waals surface area contributed by atoms with Crippen molar-refractivity contribution >= 4 is 46.4 Å². The minimum atomic E-state index is 1.21. The van der Waals surface area contributed by atoms with Gasteiger partial charge in [0.1, 0.15) is 0 Å². The first-order valence-corrected chi connectivity index (χ1v) is 9.75. The fourth-order valence-electron chi connectivity index (χ4n) is 4.29. The van der Waals surface area contributed by atoms with Crippen molar-refractivity contribution in [2.45, 2.75) is 20.8 Å². The number of hydrogen-bond donors (Lipinski definition) is 0. The highest BCUT2D eigenvalue weighted by Gasteiger charge is 2.10. The summed E-state index contributed by atoms with van der Waals surface area (Å²) in [5, 5.41) is 5.02. The summed E-state index contributed by atoms with van der Waals surface area (Å²) in [6.45, 7) is 10.6. The standard InChI is InChI=1S/C27H24B/c1-5-21-22-10-6-8-12-24(22)26(25-13-9-7-11-23(21)25)14-15-28-27-19(3)16-18(2)17-20(27)4/h5-17H,1H2,2-4H3/b15-14+. The zero-order valence-electron chi connectivity index (χ0n) is 16.8. The Hall–Kier alpha value is -3.06. The summed E-state index contributed by atoms with van der Waals surface area (Å²) in [6.07, 6.45) is 4.22. The largest absolute Gasteiger partial charge is 0.182 e. The van der Waals surface area contributed by atoms with Crippen molar-refractivity contribution in [2.24, 2.45) is 0 Å². The second-order valence-corrected chi connectivity index (χ2v) is 7.46. The Morgan fingerprint density at radius 2 is 1.18 bits per heavy atom. The van der Waals surface area contributed by atoms with Crippen LogP contribution in [0.2, 0.25) is 0 Å². The summed E-state index contributed by atoms with van der Waals surface area (Å²) < 4.78 is 0. The van der Waals surface area contributed by atoms with Crippen molar-refractivity contribution in [3.05, 3.63) is 101 Å². The van der Waals surface area contributed by atoms with Crippen LogP contribution in [0, 0.1) is 20.8 Å². The van der Waals surface area contributed by atoms with E-state index in [1.54, 1.807) is 0 Å². The quantitative estimate of drug-likeness (QED) is 0.286. The van der Waals surface area contributed by atoms with Crippen LogP contribution in [0.4, 0.5) is 0 Å². The first-order valence-electron chi connectivity index (χ1n) is 9.75. The molecule has 0 aliphatic rings. The van der Waals surface area contributed by atoms with Gasteiger partial charge in [-0.2, -0.15) is 0 Å². The average Bonchev–Trinajstić information content (AvgIpc) is 2.69. The zero-order chi connectivity index (χ0) is 19.7. The predicted molar refractivity (Wildman–Crippen MR) is 127 cm³/mol. The van der Waals surface area contributed by atoms with Gasteiger partial charge in [-0.3, -0.25) is 0 Å². The van der Waals surface area contributed by atoms with Gasteiger partial charge >= 0.3 is 0 Å². The lowest BCUT2D eigenvalue weighted by atomic mass is 9.65. The summed E-state index contributed by atoms with van der Waals surface area (Å²) in [6, 6.07) is 21.7. The highest BCUT2D eigenvalue weighted by molar-refractivity contribution is 6.60. The normalized spacial score (nSPS) is 11.4. The van der Waals surface area contributed by atoms with Gasteiger partial charge in [0.05, 0.1) is 0 Å². The van der Waals surface area contributed by atoms with E-state index in [4.69, 9.17) is 0 Å². The lowest BCUT2D eigenvalue weighted by Crippen LogP contribution is -2.19. The minimum Gasteiger partial charge on any atom is -0.116 e. The molecule has 4 rings (SSSR count). The van der Waals surface area contributed by atoms with Gasteiger partial charge in [0.25, 0.3) is 0 Å². The van der Waals surface area contributed by atoms with Crippen molar-refractivity contribution in [3.63, 3.8) is 0 Å². The number of benzene rings is 4. The van der Waals surface area contributed by atoms with Crippen LogP contribution in [-0.2, 0) is 0 Å². The molecule has 0 atom stereocenters. The molecule has 135 valence electrons. The van der Waals surface area contributed by atoms with Crippen molar-refractivity contribution in [1.29, 1.82) is 0 Å². The van der Waals surface area contributed by atoms with Gasteiger partial charge in [-0.25, -0.2) is 0 Å². The van der Waals surface area contributed by atoms with E-state index >= 15 is 0 Å². The van der Waals surface area contributed by atoms with E-state index in [0.29, 0.717) is 0 Å². The Balaban J connectivity index is 1.87. The molecule has 0 aromatic heterocycles. The van der Waals surface area contributed by atoms with Gasteiger partial charge in [0.15, 0.2) is 7.28 Å². The van der Waals surface area contributed by atoms with Crippen molar-refractivity contribution in [1.82, 2.24) is 0 Å². The topological polar surface area (TPSA) is 0 Å². The summed E-state index contributed by atoms with van der Waals surface area (Å²) >= 11 is 0. The smallest absolute Gasteiger partial charge is 0.116 e. The highest BCUT2D eigenvalue weighted by atomic mass is 14.1. The highest BCUT2D eigenvalue weighted by Crippen LogP contribution is 2.34. The molecule has 0 spiro atoms. The molecule has 0 saturated heterocycles. The van der Waals surface area contributed by atoms with Gasteiger partial charge in [0, 0.05) is 0 Å². The van der Waals surface area contributed by atoms with Crippen LogP contribution in [0.25, 0.3) is 33.7 Å². The fourth-order valence-corrected chi connectivity index (χ4v) is 4.29. The number of rotatable bonds is 4. The van der Waals surface area contributed by atoms with Crippen LogP contribution < -0.4 is 5.46 Å². The van der Waals surface area contributed by atoms with E-state index in [1.807, 2.05) is 6.08 Å².